The minimum atomic E-state index is -1.03. The average Bonchev–Trinajstić information content (AvgIpc) is 2.56. The molecule has 1 fully saturated rings. The quantitative estimate of drug-likeness (QED) is 0.494. The molecule has 0 spiro atoms. The minimum absolute atomic E-state index is 0.166. The lowest BCUT2D eigenvalue weighted by Crippen LogP contribution is -2.54. The maximum Gasteiger partial charge on any atom is 0.329 e. The van der Waals surface area contributed by atoms with Gasteiger partial charge < -0.3 is 15.7 Å². The zero-order valence-electron chi connectivity index (χ0n) is 11.1. The second kappa shape index (κ2) is 7.36. The fourth-order valence-electron chi connectivity index (χ4n) is 2.43. The zero-order valence-corrected chi connectivity index (χ0v) is 11.1. The van der Waals surface area contributed by atoms with Crippen LogP contribution in [0.3, 0.4) is 0 Å². The number of hydrogen-bond donors (Lipinski definition) is 3. The largest absolute Gasteiger partial charge is 0.480 e. The van der Waals surface area contributed by atoms with Crippen molar-refractivity contribution >= 4 is 11.9 Å². The number of hydrogen-bond acceptors (Lipinski definition) is 3. The summed E-state index contributed by atoms with van der Waals surface area (Å²) in [5.74, 6) is -1.05. The lowest BCUT2D eigenvalue weighted by molar-refractivity contribution is -0.148. The molecule has 0 atom stereocenters. The van der Waals surface area contributed by atoms with Gasteiger partial charge in [-0.05, 0) is 19.4 Å². The molecule has 0 aromatic rings. The molecule has 0 radical (unpaired) electrons. The summed E-state index contributed by atoms with van der Waals surface area (Å²) in [4.78, 5) is 23.3. The van der Waals surface area contributed by atoms with E-state index in [-0.39, 0.29) is 5.91 Å². The third-order valence-corrected chi connectivity index (χ3v) is 3.52. The second-order valence-electron chi connectivity index (χ2n) is 4.95. The van der Waals surface area contributed by atoms with E-state index < -0.39 is 11.5 Å². The van der Waals surface area contributed by atoms with Crippen molar-refractivity contribution in [3.05, 3.63) is 0 Å². The molecule has 5 nitrogen and oxygen atoms in total. The maximum absolute atomic E-state index is 11.8. The van der Waals surface area contributed by atoms with Crippen LogP contribution in [0.25, 0.3) is 0 Å². The van der Waals surface area contributed by atoms with Crippen LogP contribution in [0, 0.1) is 0 Å². The van der Waals surface area contributed by atoms with Crippen LogP contribution < -0.4 is 10.6 Å². The molecule has 104 valence electrons. The summed E-state index contributed by atoms with van der Waals surface area (Å²) in [5.41, 5.74) is -1.03. The first-order valence-electron chi connectivity index (χ1n) is 6.86. The summed E-state index contributed by atoms with van der Waals surface area (Å²) in [6, 6.07) is 0. The molecule has 1 saturated carbocycles. The fourth-order valence-corrected chi connectivity index (χ4v) is 2.43. The molecule has 1 amide bonds. The van der Waals surface area contributed by atoms with E-state index >= 15 is 0 Å². The Morgan fingerprint density at radius 3 is 2.28 bits per heavy atom. The molecule has 0 saturated heterocycles. The lowest BCUT2D eigenvalue weighted by atomic mass is 9.90. The molecule has 0 heterocycles. The minimum Gasteiger partial charge on any atom is -0.480 e. The molecule has 0 bridgehead atoms. The first-order valence-corrected chi connectivity index (χ1v) is 6.86. The lowest BCUT2D eigenvalue weighted by Gasteiger charge is -2.29. The highest BCUT2D eigenvalue weighted by Gasteiger charge is 2.39. The molecule has 1 aliphatic rings. The van der Waals surface area contributed by atoms with Gasteiger partial charge in [-0.25, -0.2) is 4.79 Å². The number of aliphatic carboxylic acids is 1. The predicted molar refractivity (Wildman–Crippen MR) is 69.4 cm³/mol. The maximum atomic E-state index is 11.8. The Bertz CT molecular complexity index is 284. The number of amides is 1. The summed E-state index contributed by atoms with van der Waals surface area (Å²) >= 11 is 0. The monoisotopic (exact) mass is 256 g/mol. The molecule has 0 aromatic carbocycles. The molecular formula is C13H24N2O3. The summed E-state index contributed by atoms with van der Waals surface area (Å²) in [7, 11) is 0. The van der Waals surface area contributed by atoms with Crippen LogP contribution in [-0.4, -0.2) is 35.6 Å². The highest BCUT2D eigenvalue weighted by molar-refractivity contribution is 5.87. The summed E-state index contributed by atoms with van der Waals surface area (Å²) in [6.07, 6.45) is 5.30. The van der Waals surface area contributed by atoms with E-state index in [1.807, 2.05) is 6.92 Å². The molecule has 1 aliphatic carbocycles. The highest BCUT2D eigenvalue weighted by Crippen LogP contribution is 2.27. The van der Waals surface area contributed by atoms with Gasteiger partial charge in [-0.3, -0.25) is 4.79 Å². The SMILES string of the molecule is CCNCCC(=O)NC1(C(=O)O)CCCCCC1. The van der Waals surface area contributed by atoms with Crippen LogP contribution in [-0.2, 0) is 9.59 Å². The highest BCUT2D eigenvalue weighted by atomic mass is 16.4. The van der Waals surface area contributed by atoms with E-state index in [1.54, 1.807) is 0 Å². The van der Waals surface area contributed by atoms with Crippen molar-refractivity contribution < 1.29 is 14.7 Å². The van der Waals surface area contributed by atoms with Crippen molar-refractivity contribution in [2.75, 3.05) is 13.1 Å². The van der Waals surface area contributed by atoms with Gasteiger partial charge in [0, 0.05) is 13.0 Å². The number of carboxylic acids is 1. The Morgan fingerprint density at radius 1 is 1.17 bits per heavy atom. The molecule has 1 rings (SSSR count). The van der Waals surface area contributed by atoms with Gasteiger partial charge in [-0.15, -0.1) is 0 Å². The smallest absolute Gasteiger partial charge is 0.329 e. The normalized spacial score (nSPS) is 18.9. The van der Waals surface area contributed by atoms with Gasteiger partial charge in [0.05, 0.1) is 0 Å². The van der Waals surface area contributed by atoms with E-state index in [4.69, 9.17) is 0 Å². The van der Waals surface area contributed by atoms with Gasteiger partial charge in [-0.1, -0.05) is 32.6 Å². The van der Waals surface area contributed by atoms with Crippen LogP contribution in [0.5, 0.6) is 0 Å². The number of carboxylic acid groups (broad SMARTS) is 1. The number of nitrogens with one attached hydrogen (secondary N) is 2. The van der Waals surface area contributed by atoms with Gasteiger partial charge >= 0.3 is 5.97 Å². The van der Waals surface area contributed by atoms with Gasteiger partial charge in [0.2, 0.25) is 5.91 Å². The van der Waals surface area contributed by atoms with Crippen LogP contribution in [0.4, 0.5) is 0 Å². The standard InChI is InChI=1S/C13H24N2O3/c1-2-14-10-7-11(16)15-13(12(17)18)8-5-3-4-6-9-13/h14H,2-10H2,1H3,(H,15,16)(H,17,18). The average molecular weight is 256 g/mol. The van der Waals surface area contributed by atoms with Crippen molar-refractivity contribution in [2.24, 2.45) is 0 Å². The van der Waals surface area contributed by atoms with Gasteiger partial charge in [0.15, 0.2) is 0 Å². The van der Waals surface area contributed by atoms with Crippen LogP contribution in [0.2, 0.25) is 0 Å². The van der Waals surface area contributed by atoms with Gasteiger partial charge in [0.1, 0.15) is 5.54 Å². The molecular weight excluding hydrogens is 232 g/mol. The summed E-state index contributed by atoms with van der Waals surface area (Å²) in [6.45, 7) is 3.39. The van der Waals surface area contributed by atoms with E-state index in [2.05, 4.69) is 10.6 Å². The van der Waals surface area contributed by atoms with Crippen LogP contribution >= 0.6 is 0 Å². The molecule has 0 aliphatic heterocycles. The van der Waals surface area contributed by atoms with Crippen molar-refractivity contribution in [2.45, 2.75) is 57.4 Å². The van der Waals surface area contributed by atoms with E-state index in [1.165, 1.54) is 0 Å². The topological polar surface area (TPSA) is 78.4 Å². The summed E-state index contributed by atoms with van der Waals surface area (Å²) < 4.78 is 0. The van der Waals surface area contributed by atoms with Crippen LogP contribution in [0.15, 0.2) is 0 Å². The van der Waals surface area contributed by atoms with Crippen molar-refractivity contribution in [3.63, 3.8) is 0 Å². The third kappa shape index (κ3) is 4.29. The van der Waals surface area contributed by atoms with Crippen molar-refractivity contribution in [3.8, 4) is 0 Å². The Hall–Kier alpha value is -1.10. The number of rotatable bonds is 6. The Balaban J connectivity index is 2.55. The molecule has 0 unspecified atom stereocenters. The Morgan fingerprint density at radius 2 is 1.78 bits per heavy atom. The Kier molecular flexibility index (Phi) is 6.12. The molecule has 3 N–H and O–H groups in total. The second-order valence-corrected chi connectivity index (χ2v) is 4.95. The van der Waals surface area contributed by atoms with E-state index in [9.17, 15) is 14.7 Å². The fraction of sp³-hybridized carbons (Fsp3) is 0.846. The molecule has 5 heteroatoms. The third-order valence-electron chi connectivity index (χ3n) is 3.52. The summed E-state index contributed by atoms with van der Waals surface area (Å²) in [5, 5.41) is 15.2. The number of carbonyl (C=O) groups excluding carboxylic acids is 1. The zero-order chi connectivity index (χ0) is 13.4. The van der Waals surface area contributed by atoms with Crippen LogP contribution in [0.1, 0.15) is 51.9 Å². The first kappa shape index (κ1) is 15.0. The predicted octanol–water partition coefficient (Wildman–Crippen LogP) is 1.28. The van der Waals surface area contributed by atoms with Gasteiger partial charge in [-0.2, -0.15) is 0 Å². The Labute approximate surface area is 108 Å². The van der Waals surface area contributed by atoms with Crippen molar-refractivity contribution in [1.29, 1.82) is 0 Å². The van der Waals surface area contributed by atoms with Gasteiger partial charge in [0.25, 0.3) is 0 Å². The van der Waals surface area contributed by atoms with Crippen molar-refractivity contribution in [1.82, 2.24) is 10.6 Å². The number of carbonyl (C=O) groups is 2. The molecule has 0 aromatic heterocycles. The molecule has 18 heavy (non-hydrogen) atoms. The first-order chi connectivity index (χ1) is 8.60. The van der Waals surface area contributed by atoms with E-state index in [0.29, 0.717) is 25.8 Å². The van der Waals surface area contributed by atoms with E-state index in [0.717, 1.165) is 32.2 Å².